The molecule has 12 rings (SSSR count). The van der Waals surface area contributed by atoms with Crippen molar-refractivity contribution in [2.45, 2.75) is 33.9 Å². The van der Waals surface area contributed by atoms with Gasteiger partial charge in [0.2, 0.25) is 0 Å². The molecule has 12 aromatic rings. The van der Waals surface area contributed by atoms with E-state index >= 15 is 13.2 Å². The lowest BCUT2D eigenvalue weighted by Crippen LogP contribution is -2.09. The number of fused-ring (bicyclic) bond motifs is 6. The Morgan fingerprint density at radius 1 is 0.347 bits per heavy atom. The van der Waals surface area contributed by atoms with Crippen LogP contribution >= 0.6 is 0 Å². The van der Waals surface area contributed by atoms with Crippen LogP contribution in [0.3, 0.4) is 0 Å². The van der Waals surface area contributed by atoms with Crippen LogP contribution in [0.4, 0.5) is 13.2 Å². The van der Waals surface area contributed by atoms with Gasteiger partial charge >= 0.3 is 6.18 Å². The third kappa shape index (κ3) is 7.28. The number of aromatic nitrogens is 2. The van der Waals surface area contributed by atoms with Gasteiger partial charge in [-0.15, -0.1) is 0 Å². The number of nitrogens with zero attached hydrogens (tertiary/aromatic N) is 3. The number of nitriles is 1. The number of halogens is 3. The Bertz CT molecular complexity index is 3780. The van der Waals surface area contributed by atoms with E-state index in [1.165, 1.54) is 12.1 Å². The van der Waals surface area contributed by atoms with Gasteiger partial charge in [0, 0.05) is 21.5 Å². The van der Waals surface area contributed by atoms with Crippen molar-refractivity contribution < 1.29 is 13.2 Å². The van der Waals surface area contributed by atoms with E-state index in [2.05, 4.69) is 164 Å². The average Bonchev–Trinajstić information content (AvgIpc) is 3.89. The van der Waals surface area contributed by atoms with E-state index in [1.54, 1.807) is 18.2 Å². The fourth-order valence-corrected chi connectivity index (χ4v) is 11.0. The van der Waals surface area contributed by atoms with Crippen LogP contribution < -0.4 is 0 Å². The molecule has 0 aliphatic carbocycles. The van der Waals surface area contributed by atoms with Crippen LogP contribution in [0.25, 0.3) is 111 Å². The Labute approximate surface area is 415 Å². The van der Waals surface area contributed by atoms with Gasteiger partial charge in [0.05, 0.1) is 39.0 Å². The van der Waals surface area contributed by atoms with Gasteiger partial charge in [-0.25, -0.2) is 0 Å². The van der Waals surface area contributed by atoms with Crippen molar-refractivity contribution in [2.75, 3.05) is 0 Å². The standard InChI is InChI=1S/C66H46F3N3/c1-40-15-5-9-19-49(40)44-25-29-60-54(33-44)55-34-45(50-20-10-6-16-41(50)2)26-30-61(55)71(60)64-37-48(53-23-13-14-24-59(53)66(67,68)69)38-65(58(64)39-70)72-62-31-27-46(51-21-11-7-17-42(51)3)35-56(62)57-36-47(28-32-63(57)72)52-22-12-8-18-43(52)4/h5-38H,1-4H3. The summed E-state index contributed by atoms with van der Waals surface area (Å²) in [5, 5.41) is 15.6. The third-order valence-electron chi connectivity index (χ3n) is 14.6. The first-order valence-corrected chi connectivity index (χ1v) is 24.1. The predicted octanol–water partition coefficient (Wildman–Crippen LogP) is 18.3. The Kier molecular flexibility index (Phi) is 10.6. The first-order chi connectivity index (χ1) is 35.0. The number of hydrogen-bond donors (Lipinski definition) is 0. The largest absolute Gasteiger partial charge is 0.417 e. The van der Waals surface area contributed by atoms with Crippen LogP contribution in [0, 0.1) is 39.0 Å². The number of benzene rings is 10. The zero-order valence-electron chi connectivity index (χ0n) is 40.1. The number of aryl methyl sites for hydroxylation is 4. The van der Waals surface area contributed by atoms with E-state index in [0.717, 1.165) is 116 Å². The molecule has 0 amide bonds. The highest BCUT2D eigenvalue weighted by Gasteiger charge is 2.34. The second-order valence-corrected chi connectivity index (χ2v) is 18.9. The molecule has 6 heteroatoms. The van der Waals surface area contributed by atoms with Crippen LogP contribution in [0.1, 0.15) is 33.4 Å². The van der Waals surface area contributed by atoms with Crippen LogP contribution in [-0.2, 0) is 6.18 Å². The molecule has 2 aromatic heterocycles. The molecule has 0 aliphatic rings. The molecule has 0 radical (unpaired) electrons. The molecular weight excluding hydrogens is 892 g/mol. The minimum atomic E-state index is -4.65. The lowest BCUT2D eigenvalue weighted by molar-refractivity contribution is -0.137. The minimum Gasteiger partial charge on any atom is -0.308 e. The summed E-state index contributed by atoms with van der Waals surface area (Å²) in [6, 6.07) is 70.7. The first kappa shape index (κ1) is 44.3. The zero-order chi connectivity index (χ0) is 49.4. The average molecular weight is 938 g/mol. The van der Waals surface area contributed by atoms with Gasteiger partial charge in [-0.05, 0) is 172 Å². The van der Waals surface area contributed by atoms with Gasteiger partial charge in [0.1, 0.15) is 11.6 Å². The number of alkyl halides is 3. The molecule has 2 heterocycles. The van der Waals surface area contributed by atoms with E-state index in [1.807, 2.05) is 48.5 Å². The molecule has 346 valence electrons. The normalized spacial score (nSPS) is 11.8. The monoisotopic (exact) mass is 937 g/mol. The lowest BCUT2D eigenvalue weighted by Gasteiger charge is -2.20. The van der Waals surface area contributed by atoms with Crippen LogP contribution in [-0.4, -0.2) is 9.13 Å². The van der Waals surface area contributed by atoms with Crippen LogP contribution in [0.5, 0.6) is 0 Å². The van der Waals surface area contributed by atoms with Crippen molar-refractivity contribution in [3.8, 4) is 73.1 Å². The summed E-state index contributed by atoms with van der Waals surface area (Å²) in [5.74, 6) is 0. The van der Waals surface area contributed by atoms with Crippen molar-refractivity contribution in [1.29, 1.82) is 5.26 Å². The summed E-state index contributed by atoms with van der Waals surface area (Å²) in [7, 11) is 0. The summed E-state index contributed by atoms with van der Waals surface area (Å²) < 4.78 is 49.8. The Morgan fingerprint density at radius 2 is 0.639 bits per heavy atom. The number of rotatable bonds is 7. The lowest BCUT2D eigenvalue weighted by atomic mass is 9.95. The first-order valence-electron chi connectivity index (χ1n) is 24.1. The van der Waals surface area contributed by atoms with Crippen molar-refractivity contribution in [3.05, 3.63) is 240 Å². The van der Waals surface area contributed by atoms with E-state index < -0.39 is 11.7 Å². The Morgan fingerprint density at radius 3 is 0.931 bits per heavy atom. The molecular formula is C66H46F3N3. The van der Waals surface area contributed by atoms with Crippen molar-refractivity contribution in [3.63, 3.8) is 0 Å². The smallest absolute Gasteiger partial charge is 0.308 e. The third-order valence-corrected chi connectivity index (χ3v) is 14.6. The van der Waals surface area contributed by atoms with Crippen molar-refractivity contribution >= 4 is 43.6 Å². The highest BCUT2D eigenvalue weighted by atomic mass is 19.4. The zero-order valence-corrected chi connectivity index (χ0v) is 40.1. The van der Waals surface area contributed by atoms with E-state index in [-0.39, 0.29) is 5.56 Å². The molecule has 0 atom stereocenters. The minimum absolute atomic E-state index is 0.0193. The molecule has 0 saturated carbocycles. The van der Waals surface area contributed by atoms with Crippen LogP contribution in [0.2, 0.25) is 0 Å². The molecule has 3 nitrogen and oxygen atoms in total. The summed E-state index contributed by atoms with van der Waals surface area (Å²) in [4.78, 5) is 0. The van der Waals surface area contributed by atoms with Gasteiger partial charge in [-0.3, -0.25) is 0 Å². The van der Waals surface area contributed by atoms with E-state index in [0.29, 0.717) is 22.5 Å². The number of hydrogen-bond acceptors (Lipinski definition) is 1. The molecule has 10 aromatic carbocycles. The van der Waals surface area contributed by atoms with E-state index in [4.69, 9.17) is 0 Å². The van der Waals surface area contributed by atoms with Gasteiger partial charge in [-0.2, -0.15) is 18.4 Å². The van der Waals surface area contributed by atoms with Gasteiger partial charge in [0.15, 0.2) is 0 Å². The molecule has 0 spiro atoms. The maximum absolute atomic E-state index is 15.2. The topological polar surface area (TPSA) is 33.6 Å². The van der Waals surface area contributed by atoms with Gasteiger partial charge in [-0.1, -0.05) is 140 Å². The molecule has 72 heavy (non-hydrogen) atoms. The molecule has 0 unspecified atom stereocenters. The fourth-order valence-electron chi connectivity index (χ4n) is 11.0. The van der Waals surface area contributed by atoms with Gasteiger partial charge in [0.25, 0.3) is 0 Å². The van der Waals surface area contributed by atoms with Gasteiger partial charge < -0.3 is 9.13 Å². The maximum atomic E-state index is 15.2. The highest BCUT2D eigenvalue weighted by Crippen LogP contribution is 2.45. The summed E-state index contributed by atoms with van der Waals surface area (Å²) in [5.41, 5.74) is 17.2. The van der Waals surface area contributed by atoms with E-state index in [9.17, 15) is 5.26 Å². The molecule has 0 aliphatic heterocycles. The Hall–Kier alpha value is -8.92. The SMILES string of the molecule is Cc1ccccc1-c1ccc2c(c1)c1cc(-c3ccccc3C)ccc1n2-c1cc(-c2ccccc2C(F)(F)F)cc(-n2c3ccc(-c4ccccc4C)cc3c3cc(-c4ccccc4C)ccc32)c1C#N. The second kappa shape index (κ2) is 17.2. The summed E-state index contributed by atoms with van der Waals surface area (Å²) in [6.07, 6.45) is -4.65. The van der Waals surface area contributed by atoms with Crippen molar-refractivity contribution in [1.82, 2.24) is 9.13 Å². The summed E-state index contributed by atoms with van der Waals surface area (Å²) in [6.45, 7) is 8.41. The molecule has 0 fully saturated rings. The molecule has 0 saturated heterocycles. The maximum Gasteiger partial charge on any atom is 0.417 e. The summed E-state index contributed by atoms with van der Waals surface area (Å²) >= 11 is 0. The van der Waals surface area contributed by atoms with Crippen LogP contribution in [0.15, 0.2) is 206 Å². The highest BCUT2D eigenvalue weighted by molar-refractivity contribution is 6.14. The fraction of sp³-hybridized carbons (Fsp3) is 0.0758. The van der Waals surface area contributed by atoms with Crippen molar-refractivity contribution in [2.24, 2.45) is 0 Å². The quantitative estimate of drug-likeness (QED) is 0.157. The Balaban J connectivity index is 1.21. The predicted molar refractivity (Wildman–Crippen MR) is 291 cm³/mol. The molecule has 0 bridgehead atoms. The second-order valence-electron chi connectivity index (χ2n) is 18.9. The molecule has 0 N–H and O–H groups in total.